The molecule has 0 radical (unpaired) electrons. The second-order valence-corrected chi connectivity index (χ2v) is 9.36. The first-order chi connectivity index (χ1) is 14.8. The van der Waals surface area contributed by atoms with E-state index in [4.69, 9.17) is 0 Å². The van der Waals surface area contributed by atoms with Crippen molar-refractivity contribution in [2.75, 3.05) is 26.2 Å². The van der Waals surface area contributed by atoms with Gasteiger partial charge in [-0.3, -0.25) is 9.59 Å². The van der Waals surface area contributed by atoms with Crippen molar-refractivity contribution in [3.63, 3.8) is 0 Å². The third kappa shape index (κ3) is 4.04. The van der Waals surface area contributed by atoms with Crippen LogP contribution in [0.15, 0.2) is 58.4 Å². The molecule has 0 bridgehead atoms. The minimum absolute atomic E-state index is 0.0987. The molecule has 4 rings (SSSR count). The zero-order chi connectivity index (χ0) is 22.2. The summed E-state index contributed by atoms with van der Waals surface area (Å²) in [6, 6.07) is 11.4. The van der Waals surface area contributed by atoms with Crippen LogP contribution >= 0.6 is 0 Å². The van der Waals surface area contributed by atoms with Crippen molar-refractivity contribution in [3.8, 4) is 5.75 Å². The van der Waals surface area contributed by atoms with Crippen LogP contribution in [0.25, 0.3) is 10.8 Å². The Morgan fingerprint density at radius 2 is 1.81 bits per heavy atom. The van der Waals surface area contributed by atoms with E-state index in [0.29, 0.717) is 10.8 Å². The van der Waals surface area contributed by atoms with E-state index in [1.54, 1.807) is 37.4 Å². The van der Waals surface area contributed by atoms with Crippen LogP contribution in [0.2, 0.25) is 0 Å². The highest BCUT2D eigenvalue weighted by atomic mass is 32.2. The Kier molecular flexibility index (Phi) is 5.50. The number of amides is 1. The Hall–Kier alpha value is -3.24. The molecule has 162 valence electrons. The van der Waals surface area contributed by atoms with Crippen LogP contribution in [0.5, 0.6) is 5.75 Å². The maximum atomic E-state index is 12.9. The Balaban J connectivity index is 1.45. The van der Waals surface area contributed by atoms with Gasteiger partial charge in [0.15, 0.2) is 0 Å². The summed E-state index contributed by atoms with van der Waals surface area (Å²) in [5.74, 6) is -0.605. The average Bonchev–Trinajstić information content (AvgIpc) is 2.77. The lowest BCUT2D eigenvalue weighted by Crippen LogP contribution is -2.51. The lowest BCUT2D eigenvalue weighted by Gasteiger charge is -2.34. The number of aromatic hydroxyl groups is 1. The summed E-state index contributed by atoms with van der Waals surface area (Å²) in [6.45, 7) is 2.11. The molecule has 1 saturated heterocycles. The quantitative estimate of drug-likeness (QED) is 0.644. The molecule has 1 aliphatic rings. The lowest BCUT2D eigenvalue weighted by molar-refractivity contribution is -0.133. The highest BCUT2D eigenvalue weighted by Gasteiger charge is 2.32. The highest BCUT2D eigenvalue weighted by Crippen LogP contribution is 2.27. The van der Waals surface area contributed by atoms with Crippen molar-refractivity contribution >= 4 is 26.7 Å². The second-order valence-electron chi connectivity index (χ2n) is 7.45. The van der Waals surface area contributed by atoms with Crippen LogP contribution in [0.1, 0.15) is 5.56 Å². The van der Waals surface area contributed by atoms with Gasteiger partial charge in [-0.05, 0) is 30.7 Å². The smallest absolute Gasteiger partial charge is 0.275 e. The predicted octanol–water partition coefficient (Wildman–Crippen LogP) is 0.944. The van der Waals surface area contributed by atoms with Crippen molar-refractivity contribution in [1.29, 1.82) is 0 Å². The fourth-order valence-corrected chi connectivity index (χ4v) is 5.20. The van der Waals surface area contributed by atoms with Crippen molar-refractivity contribution in [2.45, 2.75) is 18.4 Å². The van der Waals surface area contributed by atoms with Crippen LogP contribution in [-0.4, -0.2) is 64.6 Å². The Morgan fingerprint density at radius 3 is 2.55 bits per heavy atom. The average molecular weight is 442 g/mol. The van der Waals surface area contributed by atoms with Gasteiger partial charge in [-0.15, -0.1) is 0 Å². The molecule has 10 heteroatoms. The third-order valence-electron chi connectivity index (χ3n) is 5.37. The number of piperazine rings is 1. The summed E-state index contributed by atoms with van der Waals surface area (Å²) in [7, 11) is -3.88. The van der Waals surface area contributed by atoms with Gasteiger partial charge in [-0.25, -0.2) is 13.1 Å². The Bertz CT molecular complexity index is 1310. The topological polar surface area (TPSA) is 113 Å². The number of hydrogen-bond acceptors (Lipinski definition) is 6. The van der Waals surface area contributed by atoms with Gasteiger partial charge < -0.3 is 10.0 Å². The van der Waals surface area contributed by atoms with Crippen LogP contribution in [0.4, 0.5) is 0 Å². The van der Waals surface area contributed by atoms with E-state index in [2.05, 4.69) is 5.10 Å². The number of hydrogen-bond donors (Lipinski definition) is 1. The SMILES string of the molecule is Cc1ccc(O)c(S(=O)(=O)N2CCN(C(=O)Cn3ncc4ccccc4c3=O)CC2)c1. The molecular formula is C21H22N4O5S. The summed E-state index contributed by atoms with van der Waals surface area (Å²) in [5.41, 5.74) is 0.376. The molecule has 31 heavy (non-hydrogen) atoms. The van der Waals surface area contributed by atoms with Gasteiger partial charge in [-0.1, -0.05) is 24.3 Å². The summed E-state index contributed by atoms with van der Waals surface area (Å²) in [6.07, 6.45) is 1.54. The van der Waals surface area contributed by atoms with Crippen LogP contribution < -0.4 is 5.56 Å². The molecule has 2 heterocycles. The molecule has 0 saturated carbocycles. The number of rotatable bonds is 4. The monoisotopic (exact) mass is 442 g/mol. The van der Waals surface area contributed by atoms with Gasteiger partial charge in [0.25, 0.3) is 5.56 Å². The van der Waals surface area contributed by atoms with Gasteiger partial charge in [0.05, 0.1) is 11.6 Å². The van der Waals surface area contributed by atoms with Gasteiger partial charge in [0.1, 0.15) is 17.2 Å². The minimum Gasteiger partial charge on any atom is -0.507 e. The largest absolute Gasteiger partial charge is 0.507 e. The Morgan fingerprint density at radius 1 is 1.10 bits per heavy atom. The zero-order valence-corrected chi connectivity index (χ0v) is 17.7. The summed E-state index contributed by atoms with van der Waals surface area (Å²) in [5, 5.41) is 15.3. The lowest BCUT2D eigenvalue weighted by atomic mass is 10.2. The zero-order valence-electron chi connectivity index (χ0n) is 16.9. The fourth-order valence-electron chi connectivity index (χ4n) is 3.61. The second kappa shape index (κ2) is 8.12. The first-order valence-corrected chi connectivity index (χ1v) is 11.2. The summed E-state index contributed by atoms with van der Waals surface area (Å²) >= 11 is 0. The van der Waals surface area contributed by atoms with E-state index in [0.717, 1.165) is 10.2 Å². The summed E-state index contributed by atoms with van der Waals surface area (Å²) in [4.78, 5) is 26.6. The Labute approximate surface area is 179 Å². The normalized spacial score (nSPS) is 15.3. The molecule has 1 aliphatic heterocycles. The van der Waals surface area contributed by atoms with E-state index in [1.165, 1.54) is 21.3 Å². The first kappa shape index (κ1) is 21.0. The fraction of sp³-hybridized carbons (Fsp3) is 0.286. The molecule has 2 aromatic carbocycles. The number of sulfonamides is 1. The van der Waals surface area contributed by atoms with Gasteiger partial charge >= 0.3 is 0 Å². The third-order valence-corrected chi connectivity index (χ3v) is 7.30. The molecule has 1 aromatic heterocycles. The standard InChI is InChI=1S/C21H22N4O5S/c1-15-6-7-18(26)19(12-15)31(29,30)24-10-8-23(9-11-24)20(27)14-25-21(28)17-5-3-2-4-16(17)13-22-25/h2-7,12-13,26H,8-11,14H2,1H3. The highest BCUT2D eigenvalue weighted by molar-refractivity contribution is 7.89. The molecule has 1 N–H and O–H groups in total. The van der Waals surface area contributed by atoms with Gasteiger partial charge in [0, 0.05) is 31.6 Å². The van der Waals surface area contributed by atoms with E-state index in [9.17, 15) is 23.1 Å². The summed E-state index contributed by atoms with van der Waals surface area (Å²) < 4.78 is 28.2. The minimum atomic E-state index is -3.88. The van der Waals surface area contributed by atoms with E-state index in [-0.39, 0.29) is 54.8 Å². The number of nitrogens with zero attached hydrogens (tertiary/aromatic N) is 4. The number of benzene rings is 2. The van der Waals surface area contributed by atoms with Crippen molar-refractivity contribution in [2.24, 2.45) is 0 Å². The van der Waals surface area contributed by atoms with E-state index in [1.807, 2.05) is 6.07 Å². The molecule has 1 fully saturated rings. The molecule has 3 aromatic rings. The number of fused-ring (bicyclic) bond motifs is 1. The van der Waals surface area contributed by atoms with Crippen LogP contribution in [0, 0.1) is 6.92 Å². The predicted molar refractivity (Wildman–Crippen MR) is 114 cm³/mol. The molecule has 0 atom stereocenters. The van der Waals surface area contributed by atoms with Crippen molar-refractivity contribution < 1.29 is 18.3 Å². The number of aryl methyl sites for hydroxylation is 1. The number of phenols is 1. The van der Waals surface area contributed by atoms with Crippen LogP contribution in [-0.2, 0) is 21.4 Å². The number of phenolic OH excluding ortho intramolecular Hbond substituents is 1. The molecule has 9 nitrogen and oxygen atoms in total. The first-order valence-electron chi connectivity index (χ1n) is 9.80. The number of carbonyl (C=O) groups is 1. The maximum absolute atomic E-state index is 12.9. The van der Waals surface area contributed by atoms with Gasteiger partial charge in [-0.2, -0.15) is 9.40 Å². The molecule has 0 spiro atoms. The van der Waals surface area contributed by atoms with Gasteiger partial charge in [0.2, 0.25) is 15.9 Å². The molecule has 0 unspecified atom stereocenters. The maximum Gasteiger partial charge on any atom is 0.275 e. The van der Waals surface area contributed by atoms with Crippen LogP contribution in [0.3, 0.4) is 0 Å². The number of aromatic nitrogens is 2. The molecule has 0 aliphatic carbocycles. The molecule has 1 amide bonds. The van der Waals surface area contributed by atoms with Crippen molar-refractivity contribution in [3.05, 3.63) is 64.6 Å². The van der Waals surface area contributed by atoms with E-state index >= 15 is 0 Å². The number of carbonyl (C=O) groups excluding carboxylic acids is 1. The van der Waals surface area contributed by atoms with E-state index < -0.39 is 10.0 Å². The molecular weight excluding hydrogens is 420 g/mol. The van der Waals surface area contributed by atoms with Crippen molar-refractivity contribution in [1.82, 2.24) is 19.0 Å².